The zero-order valence-electron chi connectivity index (χ0n) is 10.2. The maximum atomic E-state index is 11.6. The first-order chi connectivity index (χ1) is 8.83. The Kier molecular flexibility index (Phi) is 2.98. The Morgan fingerprint density at radius 3 is 3.11 bits per heavy atom. The van der Waals surface area contributed by atoms with Crippen LogP contribution in [0.1, 0.15) is 25.0 Å². The molecule has 3 rings (SSSR count). The van der Waals surface area contributed by atoms with Crippen LogP contribution in [0.3, 0.4) is 0 Å². The van der Waals surface area contributed by atoms with Gasteiger partial charge in [-0.2, -0.15) is 5.10 Å². The number of aromatic nitrogens is 2. The van der Waals surface area contributed by atoms with Crippen LogP contribution in [0.2, 0.25) is 0 Å². The van der Waals surface area contributed by atoms with Crippen molar-refractivity contribution in [3.05, 3.63) is 36.2 Å². The summed E-state index contributed by atoms with van der Waals surface area (Å²) in [5.74, 6) is 0.185. The van der Waals surface area contributed by atoms with Gasteiger partial charge in [0.05, 0.1) is 17.8 Å². The summed E-state index contributed by atoms with van der Waals surface area (Å²) < 4.78 is 1.84. The van der Waals surface area contributed by atoms with Crippen molar-refractivity contribution >= 4 is 11.4 Å². The van der Waals surface area contributed by atoms with E-state index >= 15 is 0 Å². The number of amides is 1. The fourth-order valence-electron chi connectivity index (χ4n) is 2.23. The van der Waals surface area contributed by atoms with Crippen LogP contribution in [0.5, 0.6) is 0 Å². The molecule has 0 radical (unpaired) electrons. The predicted molar refractivity (Wildman–Crippen MR) is 67.6 cm³/mol. The molecule has 94 valence electrons. The van der Waals surface area contributed by atoms with Gasteiger partial charge in [-0.15, -0.1) is 0 Å². The van der Waals surface area contributed by atoms with E-state index in [0.717, 1.165) is 30.6 Å². The second-order valence-electron chi connectivity index (χ2n) is 4.54. The number of hydrogen-bond donors (Lipinski definition) is 1. The fourth-order valence-corrected chi connectivity index (χ4v) is 2.23. The van der Waals surface area contributed by atoms with Crippen molar-refractivity contribution in [1.82, 2.24) is 20.0 Å². The van der Waals surface area contributed by atoms with Gasteiger partial charge in [0.25, 0.3) is 0 Å². The molecule has 2 aromatic rings. The van der Waals surface area contributed by atoms with Gasteiger partial charge in [0.15, 0.2) is 0 Å². The molecule has 0 atom stereocenters. The van der Waals surface area contributed by atoms with Crippen LogP contribution in [0.4, 0.5) is 0 Å². The molecule has 0 spiro atoms. The highest BCUT2D eigenvalue weighted by atomic mass is 16.2. The molecular formula is C13H16N4O. The first-order valence-corrected chi connectivity index (χ1v) is 6.30. The molecule has 0 aromatic carbocycles. The van der Waals surface area contributed by atoms with E-state index in [9.17, 15) is 4.79 Å². The molecule has 5 nitrogen and oxygen atoms in total. The summed E-state index contributed by atoms with van der Waals surface area (Å²) in [6.45, 7) is 1.39. The third kappa shape index (κ3) is 2.22. The number of nitrogens with zero attached hydrogens (tertiary/aromatic N) is 3. The Morgan fingerprint density at radius 1 is 1.33 bits per heavy atom. The highest BCUT2D eigenvalue weighted by molar-refractivity contribution is 5.76. The number of hydrogen-bond acceptors (Lipinski definition) is 3. The summed E-state index contributed by atoms with van der Waals surface area (Å²) in [6, 6.07) is 7.98. The molecule has 18 heavy (non-hydrogen) atoms. The Balaban J connectivity index is 1.67. The third-order valence-corrected chi connectivity index (χ3v) is 3.20. The average Bonchev–Trinajstić information content (AvgIpc) is 2.80. The predicted octanol–water partition coefficient (Wildman–Crippen LogP) is 1.35. The van der Waals surface area contributed by atoms with Gasteiger partial charge >= 0.3 is 0 Å². The van der Waals surface area contributed by atoms with E-state index in [-0.39, 0.29) is 5.91 Å². The summed E-state index contributed by atoms with van der Waals surface area (Å²) in [5.41, 5.74) is 5.17. The Morgan fingerprint density at radius 2 is 2.28 bits per heavy atom. The molecule has 1 saturated heterocycles. The van der Waals surface area contributed by atoms with E-state index in [0.29, 0.717) is 13.0 Å². The summed E-state index contributed by atoms with van der Waals surface area (Å²) in [5, 5.41) is 6.15. The maximum absolute atomic E-state index is 11.6. The van der Waals surface area contributed by atoms with Crippen LogP contribution < -0.4 is 5.43 Å². The molecule has 0 saturated carbocycles. The molecule has 1 amide bonds. The maximum Gasteiger partial charge on any atom is 0.236 e. The smallest absolute Gasteiger partial charge is 0.236 e. The van der Waals surface area contributed by atoms with Crippen LogP contribution in [-0.4, -0.2) is 27.1 Å². The number of nitrogens with one attached hydrogen (secondary N) is 1. The zero-order valence-corrected chi connectivity index (χ0v) is 10.2. The highest BCUT2D eigenvalue weighted by Crippen LogP contribution is 2.09. The lowest BCUT2D eigenvalue weighted by Crippen LogP contribution is -2.45. The van der Waals surface area contributed by atoms with Gasteiger partial charge in [0.2, 0.25) is 5.91 Å². The van der Waals surface area contributed by atoms with Crippen molar-refractivity contribution in [1.29, 1.82) is 0 Å². The number of fused-ring (bicyclic) bond motifs is 1. The molecule has 1 aliphatic rings. The van der Waals surface area contributed by atoms with Crippen LogP contribution in [0, 0.1) is 0 Å². The van der Waals surface area contributed by atoms with Gasteiger partial charge < -0.3 is 0 Å². The van der Waals surface area contributed by atoms with E-state index in [1.54, 1.807) is 5.01 Å². The van der Waals surface area contributed by atoms with E-state index in [1.807, 2.05) is 35.0 Å². The monoisotopic (exact) mass is 244 g/mol. The molecule has 0 bridgehead atoms. The molecule has 0 unspecified atom stereocenters. The van der Waals surface area contributed by atoms with Crippen molar-refractivity contribution in [2.45, 2.75) is 25.8 Å². The highest BCUT2D eigenvalue weighted by Gasteiger charge is 2.17. The van der Waals surface area contributed by atoms with E-state index in [4.69, 9.17) is 0 Å². The van der Waals surface area contributed by atoms with Crippen molar-refractivity contribution in [3.63, 3.8) is 0 Å². The Bertz CT molecular complexity index is 530. The largest absolute Gasteiger partial charge is 0.278 e. The Hall–Kier alpha value is -1.88. The van der Waals surface area contributed by atoms with Crippen LogP contribution in [-0.2, 0) is 11.3 Å². The minimum Gasteiger partial charge on any atom is -0.278 e. The first kappa shape index (κ1) is 11.2. The number of piperidine rings is 1. The van der Waals surface area contributed by atoms with Crippen LogP contribution >= 0.6 is 0 Å². The number of carbonyl (C=O) groups is 1. The molecule has 5 heteroatoms. The average molecular weight is 244 g/mol. The fraction of sp³-hybridized carbons (Fsp3) is 0.385. The minimum atomic E-state index is 0.185. The second-order valence-corrected chi connectivity index (χ2v) is 4.54. The normalized spacial score (nSPS) is 16.4. The minimum absolute atomic E-state index is 0.185. The lowest BCUT2D eigenvalue weighted by Gasteiger charge is -2.26. The van der Waals surface area contributed by atoms with Crippen molar-refractivity contribution in [3.8, 4) is 0 Å². The molecule has 0 aliphatic carbocycles. The van der Waals surface area contributed by atoms with E-state index < -0.39 is 0 Å². The van der Waals surface area contributed by atoms with Crippen molar-refractivity contribution < 1.29 is 4.79 Å². The summed E-state index contributed by atoms with van der Waals surface area (Å²) in [6.07, 6.45) is 4.65. The SMILES string of the molecule is O=C1CCCCN1NCc1cc2ccccn2n1. The number of rotatable bonds is 3. The molecule has 3 heterocycles. The van der Waals surface area contributed by atoms with Gasteiger partial charge in [-0.05, 0) is 31.0 Å². The summed E-state index contributed by atoms with van der Waals surface area (Å²) in [4.78, 5) is 11.6. The number of pyridine rings is 1. The van der Waals surface area contributed by atoms with E-state index in [1.165, 1.54) is 0 Å². The van der Waals surface area contributed by atoms with Gasteiger partial charge in [-0.1, -0.05) is 6.07 Å². The van der Waals surface area contributed by atoms with Crippen LogP contribution in [0.15, 0.2) is 30.5 Å². The zero-order chi connectivity index (χ0) is 12.4. The van der Waals surface area contributed by atoms with E-state index in [2.05, 4.69) is 10.5 Å². The number of carbonyl (C=O) groups excluding carboxylic acids is 1. The third-order valence-electron chi connectivity index (χ3n) is 3.20. The standard InChI is InChI=1S/C13H16N4O/c18-13-6-2-4-8-17(13)14-10-11-9-12-5-1-3-7-16(12)15-11/h1,3,5,7,9,14H,2,4,6,8,10H2. The molecule has 2 aromatic heterocycles. The van der Waals surface area contributed by atoms with Crippen molar-refractivity contribution in [2.24, 2.45) is 0 Å². The quantitative estimate of drug-likeness (QED) is 0.886. The molecule has 1 N–H and O–H groups in total. The van der Waals surface area contributed by atoms with Gasteiger partial charge in [0, 0.05) is 19.2 Å². The molecule has 1 fully saturated rings. The molecule has 1 aliphatic heterocycles. The molecular weight excluding hydrogens is 228 g/mol. The summed E-state index contributed by atoms with van der Waals surface area (Å²) in [7, 11) is 0. The van der Waals surface area contributed by atoms with Crippen molar-refractivity contribution in [2.75, 3.05) is 6.54 Å². The lowest BCUT2D eigenvalue weighted by atomic mass is 10.1. The van der Waals surface area contributed by atoms with Gasteiger partial charge in [-0.3, -0.25) is 9.80 Å². The van der Waals surface area contributed by atoms with Crippen LogP contribution in [0.25, 0.3) is 5.52 Å². The summed E-state index contributed by atoms with van der Waals surface area (Å²) >= 11 is 0. The topological polar surface area (TPSA) is 49.6 Å². The van der Waals surface area contributed by atoms with Gasteiger partial charge in [0.1, 0.15) is 0 Å². The first-order valence-electron chi connectivity index (χ1n) is 6.30. The Labute approximate surface area is 105 Å². The number of hydrazine groups is 1. The second kappa shape index (κ2) is 4.78. The lowest BCUT2D eigenvalue weighted by molar-refractivity contribution is -0.136. The van der Waals surface area contributed by atoms with Gasteiger partial charge in [-0.25, -0.2) is 9.94 Å².